The summed E-state index contributed by atoms with van der Waals surface area (Å²) in [6.45, 7) is 6.44. The van der Waals surface area contributed by atoms with Gasteiger partial charge < -0.3 is 9.80 Å². The Morgan fingerprint density at radius 1 is 1.00 bits per heavy atom. The lowest BCUT2D eigenvalue weighted by Crippen LogP contribution is -2.30. The second-order valence-electron chi connectivity index (χ2n) is 7.41. The Kier molecular flexibility index (Phi) is 3.18. The summed E-state index contributed by atoms with van der Waals surface area (Å²) in [5.74, 6) is 5.26. The van der Waals surface area contributed by atoms with Gasteiger partial charge in [0.2, 0.25) is 0 Å². The lowest BCUT2D eigenvalue weighted by molar-refractivity contribution is 0.533. The molecule has 2 unspecified atom stereocenters. The van der Waals surface area contributed by atoms with E-state index in [4.69, 9.17) is 4.98 Å². The van der Waals surface area contributed by atoms with E-state index >= 15 is 0 Å². The maximum atomic E-state index is 4.82. The molecule has 1 aliphatic carbocycles. The average Bonchev–Trinajstić information content (AvgIpc) is 3.26. The number of hydrogen-bond acceptors (Lipinski definition) is 6. The largest absolute Gasteiger partial charge is 0.356 e. The molecule has 2 saturated heterocycles. The molecule has 2 aliphatic heterocycles. The van der Waals surface area contributed by atoms with Crippen LogP contribution < -0.4 is 9.80 Å². The third-order valence-electron chi connectivity index (χ3n) is 5.58. The Morgan fingerprint density at radius 3 is 2.46 bits per heavy atom. The molecule has 6 heteroatoms. The molecule has 124 valence electrons. The van der Waals surface area contributed by atoms with Crippen LogP contribution in [0.25, 0.3) is 0 Å². The van der Waals surface area contributed by atoms with Crippen molar-refractivity contribution >= 4 is 11.6 Å². The SMILES string of the molecule is Cc1cncnc1N1CC2CN(c3ccnc(C4CC4)n3)CC2C1. The minimum Gasteiger partial charge on any atom is -0.356 e. The highest BCUT2D eigenvalue weighted by Crippen LogP contribution is 2.39. The zero-order valence-corrected chi connectivity index (χ0v) is 14.0. The number of aromatic nitrogens is 4. The molecule has 0 aromatic carbocycles. The third kappa shape index (κ3) is 2.41. The Morgan fingerprint density at radius 2 is 1.75 bits per heavy atom. The summed E-state index contributed by atoms with van der Waals surface area (Å²) in [6.07, 6.45) is 8.00. The predicted octanol–water partition coefficient (Wildman–Crippen LogP) is 2.03. The average molecular weight is 322 g/mol. The quantitative estimate of drug-likeness (QED) is 0.862. The van der Waals surface area contributed by atoms with Crippen molar-refractivity contribution in [2.24, 2.45) is 11.8 Å². The summed E-state index contributed by atoms with van der Waals surface area (Å²) in [5, 5.41) is 0. The van der Waals surface area contributed by atoms with Gasteiger partial charge in [-0.3, -0.25) is 0 Å². The van der Waals surface area contributed by atoms with E-state index in [1.54, 1.807) is 6.33 Å². The van der Waals surface area contributed by atoms with Crippen molar-refractivity contribution in [3.63, 3.8) is 0 Å². The van der Waals surface area contributed by atoms with Crippen LogP contribution in [0, 0.1) is 18.8 Å². The van der Waals surface area contributed by atoms with Crippen molar-refractivity contribution in [1.29, 1.82) is 0 Å². The number of fused-ring (bicyclic) bond motifs is 1. The Bertz CT molecular complexity index is 745. The molecule has 3 fully saturated rings. The van der Waals surface area contributed by atoms with Crippen molar-refractivity contribution in [1.82, 2.24) is 19.9 Å². The predicted molar refractivity (Wildman–Crippen MR) is 92.2 cm³/mol. The third-order valence-corrected chi connectivity index (χ3v) is 5.58. The number of rotatable bonds is 3. The Balaban J connectivity index is 1.30. The van der Waals surface area contributed by atoms with Crippen LogP contribution in [0.3, 0.4) is 0 Å². The first-order valence-corrected chi connectivity index (χ1v) is 8.87. The van der Waals surface area contributed by atoms with Crippen LogP contribution in [0.1, 0.15) is 30.1 Å². The minimum atomic E-state index is 0.614. The van der Waals surface area contributed by atoms with E-state index in [1.165, 1.54) is 18.4 Å². The number of aryl methyl sites for hydroxylation is 1. The van der Waals surface area contributed by atoms with E-state index < -0.39 is 0 Å². The highest BCUT2D eigenvalue weighted by Gasteiger charge is 2.41. The fourth-order valence-corrected chi connectivity index (χ4v) is 4.16. The summed E-state index contributed by atoms with van der Waals surface area (Å²) in [7, 11) is 0. The lowest BCUT2D eigenvalue weighted by Gasteiger charge is -2.24. The van der Waals surface area contributed by atoms with Gasteiger partial charge in [0.25, 0.3) is 0 Å². The molecule has 0 spiro atoms. The van der Waals surface area contributed by atoms with Crippen LogP contribution in [0.15, 0.2) is 24.8 Å². The van der Waals surface area contributed by atoms with Gasteiger partial charge in [-0.25, -0.2) is 19.9 Å². The van der Waals surface area contributed by atoms with Gasteiger partial charge in [-0.1, -0.05) is 0 Å². The smallest absolute Gasteiger partial charge is 0.134 e. The molecule has 0 bridgehead atoms. The number of hydrogen-bond donors (Lipinski definition) is 0. The zero-order valence-electron chi connectivity index (χ0n) is 14.0. The summed E-state index contributed by atoms with van der Waals surface area (Å²) in [5.41, 5.74) is 1.17. The van der Waals surface area contributed by atoms with Crippen LogP contribution in [-0.2, 0) is 0 Å². The maximum absolute atomic E-state index is 4.82. The molecule has 5 rings (SSSR count). The van der Waals surface area contributed by atoms with Crippen molar-refractivity contribution in [3.8, 4) is 0 Å². The van der Waals surface area contributed by atoms with E-state index in [-0.39, 0.29) is 0 Å². The van der Waals surface area contributed by atoms with Crippen molar-refractivity contribution in [2.75, 3.05) is 36.0 Å². The number of anilines is 2. The molecule has 3 aliphatic rings. The van der Waals surface area contributed by atoms with Gasteiger partial charge in [-0.05, 0) is 25.8 Å². The van der Waals surface area contributed by atoms with Crippen molar-refractivity contribution in [3.05, 3.63) is 36.2 Å². The van der Waals surface area contributed by atoms with Crippen molar-refractivity contribution < 1.29 is 0 Å². The Labute approximate surface area is 142 Å². The first-order valence-electron chi connectivity index (χ1n) is 8.87. The normalized spacial score (nSPS) is 26.0. The van der Waals surface area contributed by atoms with Gasteiger partial charge in [0.15, 0.2) is 0 Å². The molecule has 1 saturated carbocycles. The number of nitrogens with zero attached hydrogens (tertiary/aromatic N) is 6. The van der Waals surface area contributed by atoms with E-state index in [9.17, 15) is 0 Å². The van der Waals surface area contributed by atoms with Gasteiger partial charge in [-0.2, -0.15) is 0 Å². The first-order chi connectivity index (χ1) is 11.8. The van der Waals surface area contributed by atoms with Crippen LogP contribution in [0.2, 0.25) is 0 Å². The molecule has 2 aromatic rings. The van der Waals surface area contributed by atoms with Crippen LogP contribution in [-0.4, -0.2) is 46.1 Å². The van der Waals surface area contributed by atoms with Crippen LogP contribution >= 0.6 is 0 Å². The molecule has 0 amide bonds. The molecule has 2 atom stereocenters. The standard InChI is InChI=1S/C18H22N6/c1-12-6-19-11-21-18(12)24-9-14-7-23(8-15(14)10-24)16-4-5-20-17(22-16)13-2-3-13/h4-6,11,13-15H,2-3,7-10H2,1H3. The van der Waals surface area contributed by atoms with Gasteiger partial charge in [0.05, 0.1) is 0 Å². The molecule has 4 heterocycles. The van der Waals surface area contributed by atoms with Gasteiger partial charge >= 0.3 is 0 Å². The second-order valence-corrected chi connectivity index (χ2v) is 7.41. The molecular weight excluding hydrogens is 300 g/mol. The molecule has 6 nitrogen and oxygen atoms in total. The van der Waals surface area contributed by atoms with Gasteiger partial charge in [-0.15, -0.1) is 0 Å². The topological polar surface area (TPSA) is 58.0 Å². The summed E-state index contributed by atoms with van der Waals surface area (Å²) >= 11 is 0. The minimum absolute atomic E-state index is 0.614. The summed E-state index contributed by atoms with van der Waals surface area (Å²) < 4.78 is 0. The van der Waals surface area contributed by atoms with E-state index in [2.05, 4.69) is 37.7 Å². The van der Waals surface area contributed by atoms with Gasteiger partial charge in [0.1, 0.15) is 23.8 Å². The Hall–Kier alpha value is -2.24. The molecular formula is C18H22N6. The first kappa shape index (κ1) is 14.1. The fraction of sp³-hybridized carbons (Fsp3) is 0.556. The van der Waals surface area contributed by atoms with Crippen LogP contribution in [0.5, 0.6) is 0 Å². The van der Waals surface area contributed by atoms with E-state index in [0.29, 0.717) is 17.8 Å². The second kappa shape index (κ2) is 5.40. The van der Waals surface area contributed by atoms with E-state index in [1.807, 2.05) is 12.4 Å². The van der Waals surface area contributed by atoms with Crippen molar-refractivity contribution in [2.45, 2.75) is 25.7 Å². The summed E-state index contributed by atoms with van der Waals surface area (Å²) in [4.78, 5) is 22.7. The van der Waals surface area contributed by atoms with Gasteiger partial charge in [0, 0.05) is 61.9 Å². The maximum Gasteiger partial charge on any atom is 0.134 e. The fourth-order valence-electron chi connectivity index (χ4n) is 4.16. The molecule has 24 heavy (non-hydrogen) atoms. The van der Waals surface area contributed by atoms with E-state index in [0.717, 1.165) is 43.6 Å². The molecule has 0 N–H and O–H groups in total. The zero-order chi connectivity index (χ0) is 16.1. The summed E-state index contributed by atoms with van der Waals surface area (Å²) in [6, 6.07) is 2.07. The monoisotopic (exact) mass is 322 g/mol. The molecule has 0 radical (unpaired) electrons. The lowest BCUT2D eigenvalue weighted by atomic mass is 10.0. The molecule has 2 aromatic heterocycles. The van der Waals surface area contributed by atoms with Crippen LogP contribution in [0.4, 0.5) is 11.6 Å². The highest BCUT2D eigenvalue weighted by atomic mass is 15.3. The highest BCUT2D eigenvalue weighted by molar-refractivity contribution is 5.48.